The average Bonchev–Trinajstić information content (AvgIpc) is 3.08. The van der Waals surface area contributed by atoms with Crippen molar-refractivity contribution in [3.05, 3.63) is 57.7 Å². The molecule has 295 valence electrons. The fourth-order valence-corrected chi connectivity index (χ4v) is 14.6. The van der Waals surface area contributed by atoms with E-state index in [0.29, 0.717) is 0 Å². The van der Waals surface area contributed by atoms with E-state index in [1.165, 1.54) is 108 Å². The molecule has 5 rings (SSSR count). The maximum atomic E-state index is 10.7. The second kappa shape index (κ2) is 23.7. The minimum atomic E-state index is -6.09. The largest absolute Gasteiger partial charge is 0.741 e. The summed E-state index contributed by atoms with van der Waals surface area (Å²) in [4.78, 5) is 0. The minimum Gasteiger partial charge on any atom is -0.741 e. The Labute approximate surface area is 327 Å². The molecule has 4 aliphatic rings. The van der Waals surface area contributed by atoms with E-state index in [1.807, 2.05) is 0 Å². The van der Waals surface area contributed by atoms with Crippen LogP contribution in [0, 0.1) is 40.5 Å². The summed E-state index contributed by atoms with van der Waals surface area (Å²) in [6.07, 6.45) is 38.5. The third kappa shape index (κ3) is 15.5. The van der Waals surface area contributed by atoms with E-state index in [4.69, 9.17) is 13.0 Å². The van der Waals surface area contributed by atoms with Gasteiger partial charge in [0, 0.05) is 30.5 Å². The van der Waals surface area contributed by atoms with Crippen LogP contribution in [0.3, 0.4) is 0 Å². The van der Waals surface area contributed by atoms with E-state index >= 15 is 0 Å². The summed E-state index contributed by atoms with van der Waals surface area (Å²) in [6, 6.07) is 0. The summed E-state index contributed by atoms with van der Waals surface area (Å²) in [5, 5.41) is 0.913. The molecular weight excluding hydrogens is 795 g/mol. The van der Waals surface area contributed by atoms with Gasteiger partial charge in [-0.25, -0.2) is 8.42 Å². The van der Waals surface area contributed by atoms with E-state index in [2.05, 4.69) is 70.7 Å². The van der Waals surface area contributed by atoms with E-state index < -0.39 is 15.6 Å². The molecule has 3 saturated carbocycles. The van der Waals surface area contributed by atoms with Gasteiger partial charge in [-0.1, -0.05) is 90.0 Å². The average molecular weight is 861 g/mol. The minimum absolute atomic E-state index is 0. The topological polar surface area (TPSA) is 57.2 Å². The molecule has 0 aromatic heterocycles. The quantitative estimate of drug-likeness (QED) is 0.0859. The number of benzene rings is 1. The first kappa shape index (κ1) is 47.0. The SMILES string of the molecule is C1=C\CC/C=C\CC/1.Cc1c(C)c(C)c(CS[C@@H](CP(C2CCCCC2)C2CCCCC2)C2CCCCC2)c(C)c1C.O=S(=O)([O-])C(F)(F)F.[Rh]. The number of hydrogen-bond donors (Lipinski definition) is 0. The molecule has 3 nitrogen and oxygen atoms in total. The molecule has 0 bridgehead atoms. The molecule has 0 N–H and O–H groups in total. The molecule has 1 aromatic rings. The fourth-order valence-electron chi connectivity index (χ4n) is 8.31. The number of alkyl halides is 3. The normalized spacial score (nSPS) is 21.5. The van der Waals surface area contributed by atoms with Crippen molar-refractivity contribution < 1.29 is 45.6 Å². The van der Waals surface area contributed by atoms with Crippen LogP contribution in [0.25, 0.3) is 0 Å². The summed E-state index contributed by atoms with van der Waals surface area (Å²) < 4.78 is 58.9. The van der Waals surface area contributed by atoms with Crippen molar-refractivity contribution in [1.82, 2.24) is 0 Å². The van der Waals surface area contributed by atoms with E-state index in [-0.39, 0.29) is 27.4 Å². The van der Waals surface area contributed by atoms with Gasteiger partial charge in [0.05, 0.1) is 0 Å². The molecule has 0 saturated heterocycles. The summed E-state index contributed by atoms with van der Waals surface area (Å²) in [5.74, 6) is 2.24. The molecule has 0 aliphatic heterocycles. The second-order valence-corrected chi connectivity index (χ2v) is 20.6. The summed E-state index contributed by atoms with van der Waals surface area (Å²) in [5.41, 5.74) is 6.00. The maximum absolute atomic E-state index is 10.7. The molecule has 0 unspecified atom stereocenters. The van der Waals surface area contributed by atoms with Crippen molar-refractivity contribution in [2.24, 2.45) is 5.92 Å². The van der Waals surface area contributed by atoms with Gasteiger partial charge in [0.15, 0.2) is 10.1 Å². The van der Waals surface area contributed by atoms with Crippen LogP contribution < -0.4 is 0 Å². The van der Waals surface area contributed by atoms with E-state index in [1.54, 1.807) is 59.7 Å². The van der Waals surface area contributed by atoms with E-state index in [0.717, 1.165) is 22.5 Å². The Morgan fingerprint density at radius 1 is 0.667 bits per heavy atom. The van der Waals surface area contributed by atoms with Crippen molar-refractivity contribution in [3.8, 4) is 0 Å². The zero-order chi connectivity index (χ0) is 36.7. The van der Waals surface area contributed by atoms with Crippen molar-refractivity contribution in [2.75, 3.05) is 6.16 Å². The van der Waals surface area contributed by atoms with Gasteiger partial charge < -0.3 is 4.55 Å². The Kier molecular flexibility index (Phi) is 21.8. The van der Waals surface area contributed by atoms with Crippen LogP contribution in [0.2, 0.25) is 0 Å². The third-order valence-corrected chi connectivity index (χ3v) is 17.8. The Hall–Kier alpha value is -0.197. The molecule has 1 aromatic carbocycles. The predicted molar refractivity (Wildman–Crippen MR) is 210 cm³/mol. The molecule has 0 spiro atoms. The first-order valence-electron chi connectivity index (χ1n) is 19.5. The summed E-state index contributed by atoms with van der Waals surface area (Å²) in [6.45, 7) is 11.8. The zero-order valence-electron chi connectivity index (χ0n) is 31.9. The van der Waals surface area contributed by atoms with Crippen molar-refractivity contribution >= 4 is 29.8 Å². The van der Waals surface area contributed by atoms with Crippen molar-refractivity contribution in [2.45, 2.75) is 184 Å². The Balaban J connectivity index is 0.000000438. The van der Waals surface area contributed by atoms with Crippen LogP contribution in [0.5, 0.6) is 0 Å². The van der Waals surface area contributed by atoms with Crippen LogP contribution in [-0.2, 0) is 35.3 Å². The number of halogens is 3. The molecule has 0 heterocycles. The second-order valence-electron chi connectivity index (χ2n) is 15.1. The fraction of sp³-hybridized carbons (Fsp3) is 0.756. The number of allylic oxidation sites excluding steroid dienone is 4. The first-order chi connectivity index (χ1) is 23.7. The molecule has 0 amide bonds. The monoisotopic (exact) mass is 860 g/mol. The molecule has 3 fully saturated rings. The van der Waals surface area contributed by atoms with Gasteiger partial charge in [0.2, 0.25) is 0 Å². The van der Waals surface area contributed by atoms with Gasteiger partial charge >= 0.3 is 5.51 Å². The Morgan fingerprint density at radius 3 is 1.35 bits per heavy atom. The van der Waals surface area contributed by atoms with Crippen molar-refractivity contribution in [3.63, 3.8) is 0 Å². The van der Waals surface area contributed by atoms with Gasteiger partial charge in [-0.05, 0) is 156 Å². The summed E-state index contributed by atoms with van der Waals surface area (Å²) in [7, 11) is -5.89. The van der Waals surface area contributed by atoms with Gasteiger partial charge in [0.25, 0.3) is 0 Å². The van der Waals surface area contributed by atoms with Crippen LogP contribution in [0.15, 0.2) is 24.3 Å². The predicted octanol–water partition coefficient (Wildman–Crippen LogP) is 13.3. The van der Waals surface area contributed by atoms with Crippen LogP contribution in [0.1, 0.15) is 155 Å². The third-order valence-electron chi connectivity index (χ3n) is 11.9. The van der Waals surface area contributed by atoms with Crippen molar-refractivity contribution in [1.29, 1.82) is 0 Å². The zero-order valence-corrected chi connectivity index (χ0v) is 36.1. The number of rotatable bonds is 8. The van der Waals surface area contributed by atoms with E-state index in [9.17, 15) is 13.2 Å². The molecule has 1 radical (unpaired) electrons. The standard InChI is InChI=1S/C32H53PS.C8H12.CHF3O3S.Rh/c1-23-24(2)26(4)31(27(5)25(23)3)22-34-32(28-15-9-6-10-16-28)21-33(29-17-11-7-12-18-29)30-19-13-8-14-20-30;1-2-4-6-8-7-5-3-1;2-1(3,4)8(5,6)7;/h28-30,32H,6-22H2,1-5H3;1-2,7-8H,3-6H2;(H,5,6,7);/p-1/b;2-1-,8-7-;;/t32-;;;/m0.../s1. The van der Waals surface area contributed by atoms with Gasteiger partial charge in [-0.15, -0.1) is 0 Å². The van der Waals surface area contributed by atoms with Crippen LogP contribution in [-0.4, -0.2) is 41.2 Å². The number of hydrogen-bond acceptors (Lipinski definition) is 4. The molecular formula is C41H65F3O3PRhS2-. The Morgan fingerprint density at radius 2 is 1.00 bits per heavy atom. The first-order valence-corrected chi connectivity index (χ1v) is 23.6. The van der Waals surface area contributed by atoms with Crippen LogP contribution in [0.4, 0.5) is 13.2 Å². The Bertz CT molecular complexity index is 1260. The van der Waals surface area contributed by atoms with Gasteiger partial charge in [-0.3, -0.25) is 0 Å². The van der Waals surface area contributed by atoms with Gasteiger partial charge in [0.1, 0.15) is 0 Å². The smallest absolute Gasteiger partial charge is 0.485 e. The molecule has 4 aliphatic carbocycles. The maximum Gasteiger partial charge on any atom is 0.485 e. The van der Waals surface area contributed by atoms with Crippen LogP contribution >= 0.6 is 19.7 Å². The molecule has 1 atom stereocenters. The van der Waals surface area contributed by atoms with Gasteiger partial charge in [-0.2, -0.15) is 24.9 Å². The summed E-state index contributed by atoms with van der Waals surface area (Å²) >= 11 is 2.41. The molecule has 51 heavy (non-hydrogen) atoms. The molecule has 10 heteroatoms. The number of thioether (sulfide) groups is 1.